The van der Waals surface area contributed by atoms with E-state index in [1.165, 1.54) is 23.9 Å². The van der Waals surface area contributed by atoms with Gasteiger partial charge >= 0.3 is 0 Å². The molecular weight excluding hydrogens is 410 g/mol. The van der Waals surface area contributed by atoms with Gasteiger partial charge in [-0.3, -0.25) is 10.1 Å². The number of nitro groups is 1. The minimum absolute atomic E-state index is 0.0133. The number of thioether (sulfide) groups is 1. The van der Waals surface area contributed by atoms with Gasteiger partial charge in [-0.1, -0.05) is 50.2 Å². The molecule has 0 saturated heterocycles. The van der Waals surface area contributed by atoms with Crippen molar-refractivity contribution < 1.29 is 4.92 Å². The number of pyridine rings is 1. The minimum Gasteiger partial charge on any atom is -0.383 e. The highest BCUT2D eigenvalue weighted by Crippen LogP contribution is 2.37. The SMILES string of the molecule is CC(C)c1ccc(-c2c(C#N)c(N)nc(SCc3ccc([N+](=O)[O-])cc3)c2C#N)cc1. The molecule has 0 radical (unpaired) electrons. The van der Waals surface area contributed by atoms with Crippen LogP contribution in [-0.2, 0) is 5.75 Å². The third-order valence-corrected chi connectivity index (χ3v) is 5.85. The van der Waals surface area contributed by atoms with E-state index in [0.29, 0.717) is 22.3 Å². The lowest BCUT2D eigenvalue weighted by molar-refractivity contribution is -0.384. The minimum atomic E-state index is -0.454. The Bertz CT molecular complexity index is 1210. The average Bonchev–Trinajstić information content (AvgIpc) is 2.77. The van der Waals surface area contributed by atoms with Crippen LogP contribution in [-0.4, -0.2) is 9.91 Å². The number of nitrogens with two attached hydrogens (primary N) is 1. The maximum atomic E-state index is 10.8. The van der Waals surface area contributed by atoms with E-state index in [9.17, 15) is 20.6 Å². The summed E-state index contributed by atoms with van der Waals surface area (Å²) < 4.78 is 0. The molecule has 2 N–H and O–H groups in total. The van der Waals surface area contributed by atoms with E-state index in [-0.39, 0.29) is 22.6 Å². The summed E-state index contributed by atoms with van der Waals surface area (Å²) in [6.07, 6.45) is 0. The standard InChI is InChI=1S/C23H19N5O2S/c1-14(2)16-5-7-17(8-6-16)21-19(11-24)22(26)27-23(20(21)12-25)31-13-15-3-9-18(10-4-15)28(29)30/h3-10,14H,13H2,1-2H3,(H2,26,27). The molecule has 1 aromatic heterocycles. The molecule has 3 rings (SSSR count). The number of non-ortho nitro benzene ring substituents is 1. The van der Waals surface area contributed by atoms with Crippen molar-refractivity contribution in [1.82, 2.24) is 4.98 Å². The van der Waals surface area contributed by atoms with Crippen molar-refractivity contribution in [2.75, 3.05) is 5.73 Å². The molecule has 31 heavy (non-hydrogen) atoms. The Balaban J connectivity index is 2.01. The summed E-state index contributed by atoms with van der Waals surface area (Å²) in [5, 5.41) is 30.8. The van der Waals surface area contributed by atoms with E-state index in [4.69, 9.17) is 5.73 Å². The second kappa shape index (κ2) is 9.29. The molecule has 0 fully saturated rings. The zero-order valence-electron chi connectivity index (χ0n) is 17.0. The molecular formula is C23H19N5O2S. The van der Waals surface area contributed by atoms with Crippen LogP contribution < -0.4 is 5.73 Å². The van der Waals surface area contributed by atoms with Crippen LogP contribution in [0.4, 0.5) is 11.5 Å². The molecule has 154 valence electrons. The fourth-order valence-electron chi connectivity index (χ4n) is 3.09. The lowest BCUT2D eigenvalue weighted by atomic mass is 9.94. The number of nitro benzene ring substituents is 1. The summed E-state index contributed by atoms with van der Waals surface area (Å²) in [6, 6.07) is 18.2. The first kappa shape index (κ1) is 21.8. The lowest BCUT2D eigenvalue weighted by Crippen LogP contribution is -2.03. The molecule has 0 unspecified atom stereocenters. The number of rotatable bonds is 6. The molecule has 0 saturated carbocycles. The van der Waals surface area contributed by atoms with Crippen LogP contribution in [0.25, 0.3) is 11.1 Å². The summed E-state index contributed by atoms with van der Waals surface area (Å²) in [6.45, 7) is 4.18. The normalized spacial score (nSPS) is 10.5. The van der Waals surface area contributed by atoms with Crippen LogP contribution in [0.3, 0.4) is 0 Å². The quantitative estimate of drug-likeness (QED) is 0.315. The molecule has 8 heteroatoms. The maximum Gasteiger partial charge on any atom is 0.269 e. The van der Waals surface area contributed by atoms with Gasteiger partial charge in [0, 0.05) is 23.4 Å². The molecule has 1 heterocycles. The van der Waals surface area contributed by atoms with Crippen LogP contribution in [0.5, 0.6) is 0 Å². The summed E-state index contributed by atoms with van der Waals surface area (Å²) in [7, 11) is 0. The summed E-state index contributed by atoms with van der Waals surface area (Å²) >= 11 is 1.30. The predicted octanol–water partition coefficient (Wildman–Crippen LogP) is 5.40. The largest absolute Gasteiger partial charge is 0.383 e. The Morgan fingerprint density at radius 1 is 1.06 bits per heavy atom. The maximum absolute atomic E-state index is 10.8. The molecule has 0 amide bonds. The first-order valence-corrected chi connectivity index (χ1v) is 10.4. The Morgan fingerprint density at radius 2 is 1.68 bits per heavy atom. The zero-order chi connectivity index (χ0) is 22.5. The Kier molecular flexibility index (Phi) is 6.54. The van der Waals surface area contributed by atoms with Gasteiger partial charge in [-0.05, 0) is 22.6 Å². The number of nitriles is 2. The zero-order valence-corrected chi connectivity index (χ0v) is 17.8. The van der Waals surface area contributed by atoms with E-state index < -0.39 is 4.92 Å². The van der Waals surface area contributed by atoms with Crippen LogP contribution in [0.1, 0.15) is 42.0 Å². The van der Waals surface area contributed by atoms with Gasteiger partial charge in [0.1, 0.15) is 28.5 Å². The number of aromatic nitrogens is 1. The van der Waals surface area contributed by atoms with Gasteiger partial charge in [0.05, 0.1) is 10.5 Å². The lowest BCUT2D eigenvalue weighted by Gasteiger charge is -2.14. The molecule has 2 aromatic carbocycles. The molecule has 0 atom stereocenters. The van der Waals surface area contributed by atoms with E-state index in [1.807, 2.05) is 24.3 Å². The molecule has 7 nitrogen and oxygen atoms in total. The second-order valence-electron chi connectivity index (χ2n) is 7.14. The Hall–Kier alpha value is -3.88. The van der Waals surface area contributed by atoms with Gasteiger partial charge in [0.2, 0.25) is 0 Å². The number of benzene rings is 2. The highest BCUT2D eigenvalue weighted by molar-refractivity contribution is 7.98. The summed E-state index contributed by atoms with van der Waals surface area (Å²) in [4.78, 5) is 14.7. The fourth-order valence-corrected chi connectivity index (χ4v) is 4.04. The number of nitrogens with zero attached hydrogens (tertiary/aromatic N) is 4. The third kappa shape index (κ3) is 4.66. The van der Waals surface area contributed by atoms with Crippen LogP contribution in [0.2, 0.25) is 0 Å². The number of nitrogen functional groups attached to an aromatic ring is 1. The van der Waals surface area contributed by atoms with Gasteiger partial charge in [0.15, 0.2) is 0 Å². The fraction of sp³-hybridized carbons (Fsp3) is 0.174. The van der Waals surface area contributed by atoms with Crippen molar-refractivity contribution in [3.63, 3.8) is 0 Å². The van der Waals surface area contributed by atoms with Gasteiger partial charge in [-0.15, -0.1) is 11.8 Å². The van der Waals surface area contributed by atoms with E-state index >= 15 is 0 Å². The van der Waals surface area contributed by atoms with Crippen molar-refractivity contribution in [3.8, 4) is 23.3 Å². The molecule has 0 bridgehead atoms. The van der Waals surface area contributed by atoms with Gasteiger partial charge in [-0.2, -0.15) is 10.5 Å². The Labute approximate surface area is 184 Å². The van der Waals surface area contributed by atoms with Crippen molar-refractivity contribution in [1.29, 1.82) is 10.5 Å². The van der Waals surface area contributed by atoms with Crippen molar-refractivity contribution in [3.05, 3.63) is 80.9 Å². The summed E-state index contributed by atoms with van der Waals surface area (Å²) in [5.41, 5.74) is 9.72. The molecule has 0 aliphatic rings. The molecule has 3 aromatic rings. The van der Waals surface area contributed by atoms with Crippen molar-refractivity contribution in [2.45, 2.75) is 30.5 Å². The predicted molar refractivity (Wildman–Crippen MR) is 120 cm³/mol. The second-order valence-corrected chi connectivity index (χ2v) is 8.10. The van der Waals surface area contributed by atoms with E-state index in [0.717, 1.165) is 16.7 Å². The third-order valence-electron chi connectivity index (χ3n) is 4.80. The monoisotopic (exact) mass is 429 g/mol. The molecule has 0 spiro atoms. The van der Waals surface area contributed by atoms with E-state index in [2.05, 4.69) is 31.0 Å². The van der Waals surface area contributed by atoms with Crippen molar-refractivity contribution >= 4 is 23.3 Å². The van der Waals surface area contributed by atoms with Crippen molar-refractivity contribution in [2.24, 2.45) is 0 Å². The number of anilines is 1. The number of hydrogen-bond donors (Lipinski definition) is 1. The number of hydrogen-bond acceptors (Lipinski definition) is 7. The van der Waals surface area contributed by atoms with Gasteiger partial charge in [0.25, 0.3) is 5.69 Å². The van der Waals surface area contributed by atoms with Crippen LogP contribution in [0.15, 0.2) is 53.6 Å². The highest BCUT2D eigenvalue weighted by atomic mass is 32.2. The molecule has 0 aliphatic carbocycles. The first-order valence-electron chi connectivity index (χ1n) is 9.45. The van der Waals surface area contributed by atoms with E-state index in [1.54, 1.807) is 12.1 Å². The topological polar surface area (TPSA) is 130 Å². The highest BCUT2D eigenvalue weighted by Gasteiger charge is 2.20. The average molecular weight is 430 g/mol. The van der Waals surface area contributed by atoms with Crippen LogP contribution in [0, 0.1) is 32.8 Å². The van der Waals surface area contributed by atoms with Crippen LogP contribution >= 0.6 is 11.8 Å². The molecule has 0 aliphatic heterocycles. The van der Waals surface area contributed by atoms with Gasteiger partial charge < -0.3 is 5.73 Å². The Morgan fingerprint density at radius 3 is 2.19 bits per heavy atom. The first-order chi connectivity index (χ1) is 14.8. The summed E-state index contributed by atoms with van der Waals surface area (Å²) in [5.74, 6) is 0.863. The smallest absolute Gasteiger partial charge is 0.269 e. The van der Waals surface area contributed by atoms with Gasteiger partial charge in [-0.25, -0.2) is 4.98 Å².